The zero-order valence-electron chi connectivity index (χ0n) is 22.1. The van der Waals surface area contributed by atoms with E-state index in [2.05, 4.69) is 0 Å². The maximum absolute atomic E-state index is 13.0. The van der Waals surface area contributed by atoms with E-state index in [1.807, 2.05) is 0 Å². The fraction of sp³-hybridized carbons (Fsp3) is 0.810. The topological polar surface area (TPSA) is 256 Å². The number of urea groups is 4. The molecule has 8 amide bonds. The van der Waals surface area contributed by atoms with E-state index in [-0.39, 0.29) is 25.7 Å². The lowest BCUT2D eigenvalue weighted by atomic mass is 9.93. The number of nitrogens with zero attached hydrogens (tertiary/aromatic N) is 8. The molecule has 0 bridgehead atoms. The molecule has 0 radical (unpaired) electrons. The highest BCUT2D eigenvalue weighted by atomic mass is 16.3. The molecule has 0 aliphatic carbocycles. The van der Waals surface area contributed by atoms with Crippen LogP contribution in [0.25, 0.3) is 0 Å². The molecule has 232 valence electrons. The van der Waals surface area contributed by atoms with Gasteiger partial charge >= 0.3 is 24.1 Å². The summed E-state index contributed by atoms with van der Waals surface area (Å²) in [4.78, 5) is 59.0. The minimum Gasteiger partial charge on any atom is -0.376 e. The zero-order chi connectivity index (χ0) is 30.3. The molecule has 0 unspecified atom stereocenters. The van der Waals surface area contributed by atoms with Gasteiger partial charge in [-0.3, -0.25) is 39.2 Å². The van der Waals surface area contributed by atoms with Crippen molar-refractivity contribution in [3.8, 4) is 0 Å². The van der Waals surface area contributed by atoms with Crippen molar-refractivity contribution in [2.45, 2.75) is 55.8 Å². The lowest BCUT2D eigenvalue weighted by molar-refractivity contribution is -0.0725. The van der Waals surface area contributed by atoms with Crippen molar-refractivity contribution >= 4 is 24.1 Å². The fourth-order valence-electron chi connectivity index (χ4n) is 6.91. The largest absolute Gasteiger partial charge is 0.376 e. The van der Waals surface area contributed by atoms with Gasteiger partial charge in [0.05, 0.1) is 0 Å². The van der Waals surface area contributed by atoms with Crippen molar-refractivity contribution in [1.29, 1.82) is 0 Å². The Kier molecular flexibility index (Phi) is 8.66. The van der Waals surface area contributed by atoms with Gasteiger partial charge in [-0.15, -0.1) is 0 Å². The Hall–Kier alpha value is -3.24. The minimum atomic E-state index is -1.66. The number of aliphatic hydroxyl groups is 8. The van der Waals surface area contributed by atoms with Crippen LogP contribution in [0.5, 0.6) is 0 Å². The second-order valence-electron chi connectivity index (χ2n) is 9.92. The van der Waals surface area contributed by atoms with Crippen LogP contribution >= 0.6 is 0 Å². The molecule has 0 aromatic heterocycles. The Bertz CT molecular complexity index is 894. The van der Waals surface area contributed by atoms with Crippen molar-refractivity contribution in [2.24, 2.45) is 0 Å². The van der Waals surface area contributed by atoms with Gasteiger partial charge < -0.3 is 40.9 Å². The van der Waals surface area contributed by atoms with Crippen LogP contribution in [0.4, 0.5) is 19.2 Å². The fourth-order valence-corrected chi connectivity index (χ4v) is 6.91. The zero-order valence-corrected chi connectivity index (χ0v) is 22.1. The number of hydrogen-bond donors (Lipinski definition) is 8. The number of unbranched alkanes of at least 4 members (excludes halogenated alkanes) is 2. The standard InChI is InChI=1S/C21H36N8O12/c30-6-22-14-20(26(10-34)16(22)38,27(11-35)17(39)23(14)7-31)4-2-1-3-5-21-15(24(8-32)18(40)28(21)12-36)25(9-33)19(41)29(21)13-37/h14-15,30-37H,1-13H2/t14-,15-,20+,21+. The molecule has 0 aromatic rings. The van der Waals surface area contributed by atoms with Crippen LogP contribution in [0.3, 0.4) is 0 Å². The van der Waals surface area contributed by atoms with Gasteiger partial charge in [0.1, 0.15) is 53.8 Å². The number of carbonyl (C=O) groups excluding carboxylic acids is 4. The van der Waals surface area contributed by atoms with Crippen LogP contribution in [0.1, 0.15) is 32.1 Å². The molecule has 0 atom stereocenters. The summed E-state index contributed by atoms with van der Waals surface area (Å²) in [6.07, 6.45) is -1.82. The molecule has 4 aliphatic heterocycles. The second-order valence-corrected chi connectivity index (χ2v) is 9.92. The number of rotatable bonds is 14. The summed E-state index contributed by atoms with van der Waals surface area (Å²) in [6.45, 7) is -6.82. The van der Waals surface area contributed by atoms with E-state index in [4.69, 9.17) is 0 Å². The van der Waals surface area contributed by atoms with Crippen molar-refractivity contribution in [1.82, 2.24) is 39.2 Å². The van der Waals surface area contributed by atoms with E-state index in [1.54, 1.807) is 0 Å². The first kappa shape index (κ1) is 30.7. The monoisotopic (exact) mass is 592 g/mol. The highest BCUT2D eigenvalue weighted by molar-refractivity contribution is 5.87. The predicted octanol–water partition coefficient (Wildman–Crippen LogP) is -4.47. The van der Waals surface area contributed by atoms with Crippen LogP contribution in [-0.4, -0.2) is 182 Å². The molecule has 20 nitrogen and oxygen atoms in total. The Morgan fingerprint density at radius 2 is 0.659 bits per heavy atom. The van der Waals surface area contributed by atoms with Crippen molar-refractivity contribution in [3.05, 3.63) is 0 Å². The van der Waals surface area contributed by atoms with Crippen LogP contribution in [0.15, 0.2) is 0 Å². The summed E-state index contributed by atoms with van der Waals surface area (Å²) in [5, 5.41) is 79.6. The molecular weight excluding hydrogens is 556 g/mol. The van der Waals surface area contributed by atoms with E-state index < -0.39 is 102 Å². The predicted molar refractivity (Wildman–Crippen MR) is 129 cm³/mol. The van der Waals surface area contributed by atoms with Gasteiger partial charge in [0.25, 0.3) is 0 Å². The lowest BCUT2D eigenvalue weighted by Crippen LogP contribution is -2.61. The van der Waals surface area contributed by atoms with Gasteiger partial charge in [0, 0.05) is 0 Å². The SMILES string of the molecule is O=C1N(CO)[C@H]2N(CO)C(=O)N(CO)[C@@]2(CCCCC[C@]23[C@H](N(CO)C(=O)N2CO)N(CO)C(=O)N3CO)N1CO. The number of aliphatic hydroxyl groups excluding tert-OH is 8. The average Bonchev–Trinajstić information content (AvgIpc) is 3.53. The van der Waals surface area contributed by atoms with Crippen molar-refractivity contribution in [2.75, 3.05) is 53.8 Å². The molecule has 0 aromatic carbocycles. The maximum Gasteiger partial charge on any atom is 0.327 e. The smallest absolute Gasteiger partial charge is 0.327 e. The molecule has 8 N–H and O–H groups in total. The Morgan fingerprint density at radius 3 is 0.854 bits per heavy atom. The van der Waals surface area contributed by atoms with E-state index in [0.717, 1.165) is 39.2 Å². The number of carbonyl (C=O) groups is 4. The summed E-state index contributed by atoms with van der Waals surface area (Å²) < 4.78 is 0. The first-order chi connectivity index (χ1) is 19.7. The van der Waals surface area contributed by atoms with E-state index in [0.29, 0.717) is 6.42 Å². The molecule has 20 heteroatoms. The number of amides is 8. The maximum atomic E-state index is 13.0. The van der Waals surface area contributed by atoms with Gasteiger partial charge in [0.15, 0.2) is 23.7 Å². The van der Waals surface area contributed by atoms with Gasteiger partial charge in [-0.2, -0.15) is 0 Å². The number of hydrogen-bond acceptors (Lipinski definition) is 12. The average molecular weight is 593 g/mol. The van der Waals surface area contributed by atoms with Gasteiger partial charge in [0.2, 0.25) is 0 Å². The summed E-state index contributed by atoms with van der Waals surface area (Å²) in [6, 6.07) is -3.31. The molecule has 4 saturated heterocycles. The van der Waals surface area contributed by atoms with Crippen LogP contribution in [-0.2, 0) is 0 Å². The summed E-state index contributed by atoms with van der Waals surface area (Å²) in [5.74, 6) is 0. The van der Waals surface area contributed by atoms with Gasteiger partial charge in [-0.25, -0.2) is 19.2 Å². The van der Waals surface area contributed by atoms with Crippen LogP contribution < -0.4 is 0 Å². The van der Waals surface area contributed by atoms with Crippen molar-refractivity contribution < 1.29 is 60.0 Å². The first-order valence-corrected chi connectivity index (χ1v) is 12.9. The first-order valence-electron chi connectivity index (χ1n) is 12.9. The third-order valence-corrected chi connectivity index (χ3v) is 8.55. The van der Waals surface area contributed by atoms with Crippen LogP contribution in [0, 0.1) is 0 Å². The second kappa shape index (κ2) is 11.6. The van der Waals surface area contributed by atoms with Gasteiger partial charge in [-0.05, 0) is 25.7 Å². The molecule has 41 heavy (non-hydrogen) atoms. The van der Waals surface area contributed by atoms with E-state index >= 15 is 0 Å². The molecule has 4 aliphatic rings. The Morgan fingerprint density at radius 1 is 0.415 bits per heavy atom. The van der Waals surface area contributed by atoms with E-state index in [1.165, 1.54) is 0 Å². The Labute approximate surface area is 233 Å². The molecule has 4 heterocycles. The van der Waals surface area contributed by atoms with Crippen LogP contribution in [0.2, 0.25) is 0 Å². The van der Waals surface area contributed by atoms with E-state index in [9.17, 15) is 60.0 Å². The molecule has 4 rings (SSSR count). The highest BCUT2D eigenvalue weighted by Crippen LogP contribution is 2.48. The molecule has 0 spiro atoms. The lowest BCUT2D eigenvalue weighted by Gasteiger charge is -2.41. The third-order valence-electron chi connectivity index (χ3n) is 8.55. The van der Waals surface area contributed by atoms with Gasteiger partial charge in [-0.1, -0.05) is 6.42 Å². The quantitative estimate of drug-likeness (QED) is 0.0889. The molecular formula is C21H36N8O12. The normalized spacial score (nSPS) is 29.8. The summed E-state index contributed by atoms with van der Waals surface area (Å²) in [7, 11) is 0. The summed E-state index contributed by atoms with van der Waals surface area (Å²) >= 11 is 0. The van der Waals surface area contributed by atoms with Crippen molar-refractivity contribution in [3.63, 3.8) is 0 Å². The summed E-state index contributed by atoms with van der Waals surface area (Å²) in [5.41, 5.74) is -3.32. The molecule has 0 saturated carbocycles. The number of fused-ring (bicyclic) bond motifs is 2. The Balaban J connectivity index is 1.58. The minimum absolute atomic E-state index is 0.0312. The molecule has 4 fully saturated rings. The third kappa shape index (κ3) is 3.90. The highest BCUT2D eigenvalue weighted by Gasteiger charge is 2.70.